The lowest BCUT2D eigenvalue weighted by Crippen LogP contribution is -2.50. The van der Waals surface area contributed by atoms with Gasteiger partial charge in [-0.05, 0) is 38.4 Å². The van der Waals surface area contributed by atoms with Crippen LogP contribution >= 0.6 is 11.8 Å². The molecule has 2 fully saturated rings. The molecule has 122 valence electrons. The number of rotatable bonds is 3. The number of amides is 1. The molecule has 0 aromatic carbocycles. The number of carbonyl (C=O) groups is 1. The van der Waals surface area contributed by atoms with Gasteiger partial charge < -0.3 is 10.2 Å². The number of hydrogen-bond acceptors (Lipinski definition) is 3. The molecule has 0 aromatic rings. The first-order valence-electron chi connectivity index (χ1n) is 8.48. The summed E-state index contributed by atoms with van der Waals surface area (Å²) in [5, 5.41) is 4.72. The van der Waals surface area contributed by atoms with E-state index in [9.17, 15) is 4.79 Å². The van der Waals surface area contributed by atoms with Gasteiger partial charge >= 0.3 is 0 Å². The second kappa shape index (κ2) is 7.36. The van der Waals surface area contributed by atoms with Crippen molar-refractivity contribution < 1.29 is 4.79 Å². The number of nitrogens with one attached hydrogen (secondary N) is 1. The average Bonchev–Trinajstić information content (AvgIpc) is 2.46. The minimum atomic E-state index is -0.241. The van der Waals surface area contributed by atoms with Crippen LogP contribution in [-0.4, -0.2) is 47.5 Å². The molecule has 1 saturated heterocycles. The monoisotopic (exact) mass is 312 g/mol. The fourth-order valence-electron chi connectivity index (χ4n) is 3.57. The van der Waals surface area contributed by atoms with Crippen molar-refractivity contribution in [2.24, 2.45) is 5.41 Å². The molecule has 2 rings (SSSR count). The Morgan fingerprint density at radius 3 is 2.33 bits per heavy atom. The highest BCUT2D eigenvalue weighted by Gasteiger charge is 2.31. The Kier molecular flexibility index (Phi) is 6.01. The van der Waals surface area contributed by atoms with Crippen molar-refractivity contribution in [1.29, 1.82) is 0 Å². The second-order valence-corrected chi connectivity index (χ2v) is 8.84. The van der Waals surface area contributed by atoms with Crippen LogP contribution in [0.4, 0.5) is 0 Å². The van der Waals surface area contributed by atoms with Crippen LogP contribution in [0.5, 0.6) is 0 Å². The number of nitrogens with zero attached hydrogens (tertiary/aromatic N) is 1. The summed E-state index contributed by atoms with van der Waals surface area (Å²) in [6.45, 7) is 7.90. The summed E-state index contributed by atoms with van der Waals surface area (Å²) in [5.74, 6) is 0.307. The van der Waals surface area contributed by atoms with E-state index in [1.165, 1.54) is 25.7 Å². The fraction of sp³-hybridized carbons (Fsp3) is 0.941. The van der Waals surface area contributed by atoms with Crippen LogP contribution in [0, 0.1) is 5.41 Å². The zero-order valence-electron chi connectivity index (χ0n) is 14.2. The van der Waals surface area contributed by atoms with E-state index in [2.05, 4.69) is 16.5 Å². The predicted octanol–water partition coefficient (Wildman–Crippen LogP) is 3.29. The van der Waals surface area contributed by atoms with E-state index in [0.29, 0.717) is 18.0 Å². The molecule has 0 radical (unpaired) electrons. The van der Waals surface area contributed by atoms with Crippen molar-refractivity contribution in [3.8, 4) is 0 Å². The van der Waals surface area contributed by atoms with Gasteiger partial charge in [-0.15, -0.1) is 0 Å². The molecule has 2 atom stereocenters. The Labute approximate surface area is 134 Å². The van der Waals surface area contributed by atoms with Crippen LogP contribution in [0.1, 0.15) is 59.3 Å². The molecule has 0 spiro atoms. The zero-order valence-corrected chi connectivity index (χ0v) is 15.0. The number of likely N-dealkylation sites (tertiary alicyclic amines) is 1. The largest absolute Gasteiger partial charge is 0.342 e. The van der Waals surface area contributed by atoms with Crippen LogP contribution in [0.3, 0.4) is 0 Å². The van der Waals surface area contributed by atoms with Crippen LogP contribution in [0.15, 0.2) is 0 Å². The third kappa shape index (κ3) is 4.88. The number of piperidine rings is 1. The molecule has 1 heterocycles. The van der Waals surface area contributed by atoms with Crippen LogP contribution in [0.2, 0.25) is 0 Å². The van der Waals surface area contributed by atoms with Crippen molar-refractivity contribution in [2.75, 3.05) is 19.3 Å². The van der Waals surface area contributed by atoms with Crippen LogP contribution in [0.25, 0.3) is 0 Å². The molecular formula is C17H32N2OS. The highest BCUT2D eigenvalue weighted by Crippen LogP contribution is 2.28. The van der Waals surface area contributed by atoms with Gasteiger partial charge in [0, 0.05) is 35.8 Å². The molecular weight excluding hydrogens is 280 g/mol. The standard InChI is InChI=1S/C17H32N2OS/c1-17(2,3)16(20)19-10-8-13(9-11-19)18-14-6-5-7-15(12-14)21-4/h13-15,18H,5-12H2,1-4H3/t14-,15-/m0/s1. The van der Waals surface area contributed by atoms with Crippen molar-refractivity contribution >= 4 is 17.7 Å². The molecule has 2 aliphatic rings. The number of thioether (sulfide) groups is 1. The van der Waals surface area contributed by atoms with Crippen LogP contribution < -0.4 is 5.32 Å². The number of carbonyl (C=O) groups excluding carboxylic acids is 1. The highest BCUT2D eigenvalue weighted by molar-refractivity contribution is 7.99. The van der Waals surface area contributed by atoms with Crippen molar-refractivity contribution in [3.63, 3.8) is 0 Å². The van der Waals surface area contributed by atoms with Crippen molar-refractivity contribution in [1.82, 2.24) is 10.2 Å². The van der Waals surface area contributed by atoms with E-state index < -0.39 is 0 Å². The summed E-state index contributed by atoms with van der Waals surface area (Å²) in [7, 11) is 0. The molecule has 0 bridgehead atoms. The van der Waals surface area contributed by atoms with Crippen molar-refractivity contribution in [3.05, 3.63) is 0 Å². The van der Waals surface area contributed by atoms with Gasteiger partial charge in [-0.1, -0.05) is 27.2 Å². The molecule has 0 unspecified atom stereocenters. The normalized spacial score (nSPS) is 28.7. The van der Waals surface area contributed by atoms with Gasteiger partial charge in [-0.3, -0.25) is 4.79 Å². The summed E-state index contributed by atoms with van der Waals surface area (Å²) in [4.78, 5) is 14.4. The summed E-state index contributed by atoms with van der Waals surface area (Å²) in [5.41, 5.74) is -0.241. The van der Waals surface area contributed by atoms with Crippen molar-refractivity contribution in [2.45, 2.75) is 76.6 Å². The molecule has 1 amide bonds. The molecule has 1 saturated carbocycles. The Morgan fingerprint density at radius 2 is 1.76 bits per heavy atom. The lowest BCUT2D eigenvalue weighted by atomic mass is 9.91. The fourth-order valence-corrected chi connectivity index (χ4v) is 4.39. The first-order valence-corrected chi connectivity index (χ1v) is 9.77. The minimum Gasteiger partial charge on any atom is -0.342 e. The van der Waals surface area contributed by atoms with E-state index in [0.717, 1.165) is 31.2 Å². The Bertz CT molecular complexity index is 345. The van der Waals surface area contributed by atoms with E-state index in [4.69, 9.17) is 0 Å². The first-order chi connectivity index (χ1) is 9.90. The summed E-state index contributed by atoms with van der Waals surface area (Å²) in [6, 6.07) is 1.31. The van der Waals surface area contributed by atoms with Gasteiger partial charge in [-0.25, -0.2) is 0 Å². The van der Waals surface area contributed by atoms with Crippen LogP contribution in [-0.2, 0) is 4.79 Å². The topological polar surface area (TPSA) is 32.3 Å². The Balaban J connectivity index is 1.75. The SMILES string of the molecule is CS[C@H]1CCC[C@H](NC2CCN(C(=O)C(C)(C)C)CC2)C1. The molecule has 1 N–H and O–H groups in total. The zero-order chi connectivity index (χ0) is 15.5. The van der Waals surface area contributed by atoms with E-state index in [1.807, 2.05) is 32.5 Å². The molecule has 4 heteroatoms. The maximum atomic E-state index is 12.3. The minimum absolute atomic E-state index is 0.241. The van der Waals surface area contributed by atoms with Gasteiger partial charge in [-0.2, -0.15) is 11.8 Å². The molecule has 21 heavy (non-hydrogen) atoms. The summed E-state index contributed by atoms with van der Waals surface area (Å²) < 4.78 is 0. The van der Waals surface area contributed by atoms with Gasteiger partial charge in [0.1, 0.15) is 0 Å². The Hall–Kier alpha value is -0.220. The summed E-state index contributed by atoms with van der Waals surface area (Å²) >= 11 is 2.03. The highest BCUT2D eigenvalue weighted by atomic mass is 32.2. The smallest absolute Gasteiger partial charge is 0.227 e. The first kappa shape index (κ1) is 17.1. The quantitative estimate of drug-likeness (QED) is 0.868. The molecule has 0 aromatic heterocycles. The maximum Gasteiger partial charge on any atom is 0.227 e. The maximum absolute atomic E-state index is 12.3. The molecule has 1 aliphatic heterocycles. The third-order valence-electron chi connectivity index (χ3n) is 4.85. The lowest BCUT2D eigenvalue weighted by Gasteiger charge is -2.38. The lowest BCUT2D eigenvalue weighted by molar-refractivity contribution is -0.140. The van der Waals surface area contributed by atoms with E-state index >= 15 is 0 Å². The predicted molar refractivity (Wildman–Crippen MR) is 91.8 cm³/mol. The van der Waals surface area contributed by atoms with E-state index in [1.54, 1.807) is 0 Å². The van der Waals surface area contributed by atoms with E-state index in [-0.39, 0.29) is 5.41 Å². The average molecular weight is 313 g/mol. The Morgan fingerprint density at radius 1 is 1.10 bits per heavy atom. The van der Waals surface area contributed by atoms with Gasteiger partial charge in [0.15, 0.2) is 0 Å². The molecule has 1 aliphatic carbocycles. The molecule has 3 nitrogen and oxygen atoms in total. The number of hydrogen-bond donors (Lipinski definition) is 1. The third-order valence-corrected chi connectivity index (χ3v) is 5.95. The van der Waals surface area contributed by atoms with Gasteiger partial charge in [0.2, 0.25) is 5.91 Å². The summed E-state index contributed by atoms with van der Waals surface area (Å²) in [6.07, 6.45) is 9.87. The second-order valence-electron chi connectivity index (χ2n) is 7.70. The van der Waals surface area contributed by atoms with Gasteiger partial charge in [0.05, 0.1) is 0 Å². The van der Waals surface area contributed by atoms with Gasteiger partial charge in [0.25, 0.3) is 0 Å².